The molecule has 0 aliphatic carbocycles. The van der Waals surface area contributed by atoms with Gasteiger partial charge < -0.3 is 10.1 Å². The monoisotopic (exact) mass is 382 g/mol. The second-order valence-corrected chi connectivity index (χ2v) is 5.98. The van der Waals surface area contributed by atoms with Crippen molar-refractivity contribution in [2.45, 2.75) is 6.92 Å². The molecule has 0 fully saturated rings. The van der Waals surface area contributed by atoms with E-state index >= 15 is 0 Å². The van der Waals surface area contributed by atoms with Crippen molar-refractivity contribution in [2.24, 2.45) is 0 Å². The summed E-state index contributed by atoms with van der Waals surface area (Å²) >= 11 is 0. The number of aryl methyl sites for hydroxylation is 1. The summed E-state index contributed by atoms with van der Waals surface area (Å²) in [4.78, 5) is 48.5. The number of nitrogens with zero attached hydrogens (tertiary/aromatic N) is 1. The number of ether oxygens (including phenoxy) is 1. The molecular weight excluding hydrogens is 367 g/mol. The van der Waals surface area contributed by atoms with Crippen molar-refractivity contribution in [1.82, 2.24) is 0 Å². The van der Waals surface area contributed by atoms with Crippen LogP contribution in [0.1, 0.15) is 15.9 Å². The number of anilines is 2. The topological polar surface area (TPSA) is 92.8 Å². The fraction of sp³-hybridized carbons (Fsp3) is 0.100. The summed E-state index contributed by atoms with van der Waals surface area (Å²) in [6, 6.07) is 9.68. The lowest BCUT2D eigenvalue weighted by atomic mass is 10.2. The van der Waals surface area contributed by atoms with Crippen LogP contribution in [0.15, 0.2) is 54.6 Å². The average molecular weight is 382 g/mol. The van der Waals surface area contributed by atoms with Gasteiger partial charge in [-0.25, -0.2) is 14.1 Å². The highest BCUT2D eigenvalue weighted by atomic mass is 19.1. The molecule has 0 bridgehead atoms. The minimum atomic E-state index is -0.806. The van der Waals surface area contributed by atoms with Crippen molar-refractivity contribution in [1.29, 1.82) is 0 Å². The average Bonchev–Trinajstić information content (AvgIpc) is 3.01. The third-order valence-electron chi connectivity index (χ3n) is 3.96. The van der Waals surface area contributed by atoms with Gasteiger partial charge in [0.1, 0.15) is 5.82 Å². The molecule has 0 saturated carbocycles. The van der Waals surface area contributed by atoms with E-state index in [2.05, 4.69) is 5.32 Å². The fourth-order valence-electron chi connectivity index (χ4n) is 2.56. The Morgan fingerprint density at radius 1 is 1.07 bits per heavy atom. The van der Waals surface area contributed by atoms with Crippen molar-refractivity contribution in [3.8, 4) is 0 Å². The molecule has 0 atom stereocenters. The number of carbonyl (C=O) groups is 4. The van der Waals surface area contributed by atoms with E-state index in [-0.39, 0.29) is 16.9 Å². The van der Waals surface area contributed by atoms with Crippen LogP contribution in [0.5, 0.6) is 0 Å². The minimum absolute atomic E-state index is 0.0692. The summed E-state index contributed by atoms with van der Waals surface area (Å²) in [5, 5.41) is 2.46. The van der Waals surface area contributed by atoms with Gasteiger partial charge in [0.2, 0.25) is 0 Å². The normalized spacial score (nSPS) is 13.0. The van der Waals surface area contributed by atoms with E-state index in [4.69, 9.17) is 4.74 Å². The number of benzene rings is 2. The predicted octanol–water partition coefficient (Wildman–Crippen LogP) is 2.36. The lowest BCUT2D eigenvalue weighted by Crippen LogP contribution is -2.29. The maximum atomic E-state index is 13.3. The molecule has 0 aromatic heterocycles. The van der Waals surface area contributed by atoms with Gasteiger partial charge >= 0.3 is 5.97 Å². The zero-order chi connectivity index (χ0) is 20.3. The maximum Gasteiger partial charge on any atom is 0.338 e. The molecule has 1 aliphatic heterocycles. The van der Waals surface area contributed by atoms with Gasteiger partial charge in [-0.2, -0.15) is 0 Å². The van der Waals surface area contributed by atoms with Gasteiger partial charge in [0.05, 0.1) is 11.3 Å². The summed E-state index contributed by atoms with van der Waals surface area (Å²) in [5.41, 5.74) is 1.22. The van der Waals surface area contributed by atoms with E-state index in [0.29, 0.717) is 5.56 Å². The van der Waals surface area contributed by atoms with E-state index < -0.39 is 36.1 Å². The quantitative estimate of drug-likeness (QED) is 0.633. The number of imide groups is 1. The van der Waals surface area contributed by atoms with Crippen molar-refractivity contribution in [2.75, 3.05) is 16.8 Å². The molecule has 28 heavy (non-hydrogen) atoms. The first-order chi connectivity index (χ1) is 13.3. The molecule has 3 amide bonds. The third-order valence-corrected chi connectivity index (χ3v) is 3.96. The van der Waals surface area contributed by atoms with E-state index in [9.17, 15) is 23.6 Å². The third kappa shape index (κ3) is 4.12. The fourth-order valence-corrected chi connectivity index (χ4v) is 2.56. The lowest BCUT2D eigenvalue weighted by molar-refractivity contribution is -0.120. The summed E-state index contributed by atoms with van der Waals surface area (Å²) in [6.07, 6.45) is 2.26. The maximum absolute atomic E-state index is 13.3. The molecule has 1 heterocycles. The van der Waals surface area contributed by atoms with Crippen LogP contribution < -0.4 is 10.2 Å². The number of hydrogen-bond acceptors (Lipinski definition) is 5. The predicted molar refractivity (Wildman–Crippen MR) is 98.1 cm³/mol. The molecule has 7 nitrogen and oxygen atoms in total. The summed E-state index contributed by atoms with van der Waals surface area (Å²) in [7, 11) is 0. The number of amides is 3. The van der Waals surface area contributed by atoms with Crippen LogP contribution in [-0.4, -0.2) is 30.3 Å². The van der Waals surface area contributed by atoms with Gasteiger partial charge in [-0.05, 0) is 42.8 Å². The number of halogens is 1. The Balaban J connectivity index is 1.63. The van der Waals surface area contributed by atoms with Crippen LogP contribution in [0.2, 0.25) is 0 Å². The number of carbonyl (C=O) groups excluding carboxylic acids is 4. The molecule has 1 N–H and O–H groups in total. The zero-order valence-electron chi connectivity index (χ0n) is 14.8. The Morgan fingerprint density at radius 3 is 2.50 bits per heavy atom. The van der Waals surface area contributed by atoms with E-state index in [1.165, 1.54) is 36.4 Å². The standard InChI is InChI=1S/C20H15FN2O5/c1-12-5-6-14(21)10-16(12)22-17(24)11-28-20(27)13-3-2-4-15(9-13)23-18(25)7-8-19(23)26/h2-10H,11H2,1H3,(H,22,24). The SMILES string of the molecule is Cc1ccc(F)cc1NC(=O)COC(=O)c1cccc(N2C(=O)C=CC2=O)c1. The number of esters is 1. The molecule has 1 aliphatic rings. The first kappa shape index (κ1) is 19.0. The Kier molecular flexibility index (Phi) is 5.30. The number of rotatable bonds is 5. The van der Waals surface area contributed by atoms with Crippen molar-refractivity contribution in [3.63, 3.8) is 0 Å². The van der Waals surface area contributed by atoms with Crippen LogP contribution >= 0.6 is 0 Å². The molecule has 8 heteroatoms. The van der Waals surface area contributed by atoms with Gasteiger partial charge in [0, 0.05) is 17.8 Å². The van der Waals surface area contributed by atoms with Crippen molar-refractivity contribution in [3.05, 3.63) is 71.6 Å². The Morgan fingerprint density at radius 2 is 1.79 bits per heavy atom. The summed E-state index contributed by atoms with van der Waals surface area (Å²) in [5.74, 6) is -2.97. The van der Waals surface area contributed by atoms with Crippen molar-refractivity contribution >= 4 is 35.1 Å². The first-order valence-electron chi connectivity index (χ1n) is 8.24. The summed E-state index contributed by atoms with van der Waals surface area (Å²) < 4.78 is 18.2. The molecule has 3 rings (SSSR count). The van der Waals surface area contributed by atoms with E-state index in [0.717, 1.165) is 23.1 Å². The molecule has 0 saturated heterocycles. The summed E-state index contributed by atoms with van der Waals surface area (Å²) in [6.45, 7) is 1.12. The second-order valence-electron chi connectivity index (χ2n) is 5.98. The molecule has 2 aromatic carbocycles. The van der Waals surface area contributed by atoms with Crippen molar-refractivity contribution < 1.29 is 28.3 Å². The second kappa shape index (κ2) is 7.83. The van der Waals surface area contributed by atoms with Crippen LogP contribution in [0, 0.1) is 12.7 Å². The minimum Gasteiger partial charge on any atom is -0.452 e. The van der Waals surface area contributed by atoms with E-state index in [1.807, 2.05) is 0 Å². The van der Waals surface area contributed by atoms with Crippen LogP contribution in [-0.2, 0) is 19.1 Å². The Labute approximate surface area is 159 Å². The van der Waals surface area contributed by atoms with Gasteiger partial charge in [0.25, 0.3) is 17.7 Å². The van der Waals surface area contributed by atoms with Gasteiger partial charge in [-0.3, -0.25) is 14.4 Å². The smallest absolute Gasteiger partial charge is 0.338 e. The van der Waals surface area contributed by atoms with E-state index in [1.54, 1.807) is 6.92 Å². The largest absolute Gasteiger partial charge is 0.452 e. The first-order valence-corrected chi connectivity index (χ1v) is 8.24. The number of nitrogens with one attached hydrogen (secondary N) is 1. The van der Waals surface area contributed by atoms with Gasteiger partial charge in [-0.15, -0.1) is 0 Å². The van der Waals surface area contributed by atoms with Gasteiger partial charge in [0.15, 0.2) is 6.61 Å². The number of hydrogen-bond donors (Lipinski definition) is 1. The van der Waals surface area contributed by atoms with Gasteiger partial charge in [-0.1, -0.05) is 12.1 Å². The highest BCUT2D eigenvalue weighted by Crippen LogP contribution is 2.21. The zero-order valence-corrected chi connectivity index (χ0v) is 14.8. The lowest BCUT2D eigenvalue weighted by Gasteiger charge is -2.14. The van der Waals surface area contributed by atoms with Crippen LogP contribution in [0.4, 0.5) is 15.8 Å². The highest BCUT2D eigenvalue weighted by Gasteiger charge is 2.25. The Bertz CT molecular complexity index is 997. The molecular formula is C20H15FN2O5. The Hall–Kier alpha value is -3.81. The molecule has 142 valence electrons. The van der Waals surface area contributed by atoms with Crippen LogP contribution in [0.3, 0.4) is 0 Å². The molecule has 0 unspecified atom stereocenters. The molecule has 2 aromatic rings. The van der Waals surface area contributed by atoms with Crippen LogP contribution in [0.25, 0.3) is 0 Å². The molecule has 0 radical (unpaired) electrons. The molecule has 0 spiro atoms. The highest BCUT2D eigenvalue weighted by molar-refractivity contribution is 6.28.